The van der Waals surface area contributed by atoms with Gasteiger partial charge in [0.25, 0.3) is 0 Å². The normalized spacial score (nSPS) is 12.8. The summed E-state index contributed by atoms with van der Waals surface area (Å²) in [6.07, 6.45) is 23.3. The molecule has 0 saturated carbocycles. The van der Waals surface area contributed by atoms with E-state index in [0.717, 1.165) is 17.4 Å². The molecule has 160 valence electrons. The van der Waals surface area contributed by atoms with Crippen LogP contribution in [0.25, 0.3) is 0 Å². The van der Waals surface area contributed by atoms with Gasteiger partial charge in [-0.1, -0.05) is 104 Å². The topological polar surface area (TPSA) is 20.2 Å². The van der Waals surface area contributed by atoms with Crippen molar-refractivity contribution < 1.29 is 22.0 Å². The summed E-state index contributed by atoms with van der Waals surface area (Å²) >= 11 is 0. The Labute approximate surface area is 172 Å². The van der Waals surface area contributed by atoms with Gasteiger partial charge in [-0.05, 0) is 12.8 Å². The van der Waals surface area contributed by atoms with E-state index in [2.05, 4.69) is 27.9 Å². The Hall–Kier alpha value is 0.210. The lowest BCUT2D eigenvalue weighted by atomic mass is 10.0. The minimum Gasteiger partial charge on any atom is -1.00 e. The van der Waals surface area contributed by atoms with Crippen LogP contribution < -0.4 is 12.4 Å². The van der Waals surface area contributed by atoms with E-state index < -0.39 is 0 Å². The van der Waals surface area contributed by atoms with Crippen molar-refractivity contribution in [2.75, 3.05) is 20.6 Å². The van der Waals surface area contributed by atoms with Crippen LogP contribution in [0.4, 0.5) is 0 Å². The average molecular weight is 392 g/mol. The zero-order valence-electron chi connectivity index (χ0n) is 18.6. The zero-order valence-corrected chi connectivity index (χ0v) is 19.3. The molecule has 0 spiro atoms. The smallest absolute Gasteiger partial charge is 0.189 e. The maximum absolute atomic E-state index is 9.98. The van der Waals surface area contributed by atoms with Crippen LogP contribution in [0.1, 0.15) is 123 Å². The van der Waals surface area contributed by atoms with Gasteiger partial charge in [-0.2, -0.15) is 0 Å². The molecular formula is C23H50ClNO. The molecule has 0 aromatic carbocycles. The molecule has 0 aliphatic carbocycles. The summed E-state index contributed by atoms with van der Waals surface area (Å²) in [6, 6.07) is 0. The molecule has 0 amide bonds. The maximum atomic E-state index is 9.98. The Bertz CT molecular complexity index is 271. The van der Waals surface area contributed by atoms with Gasteiger partial charge in [-0.3, -0.25) is 0 Å². The molecule has 3 heteroatoms. The molecule has 0 fully saturated rings. The molecule has 0 aliphatic heterocycles. The summed E-state index contributed by atoms with van der Waals surface area (Å²) in [7, 11) is 4.30. The Morgan fingerprint density at radius 3 is 1.19 bits per heavy atom. The summed E-state index contributed by atoms with van der Waals surface area (Å²) < 4.78 is 0.759. The lowest BCUT2D eigenvalue weighted by molar-refractivity contribution is -0.937. The number of nitrogens with zero attached hydrogens (tertiary/aromatic N) is 1. The monoisotopic (exact) mass is 391 g/mol. The minimum absolute atomic E-state index is 0. The van der Waals surface area contributed by atoms with Crippen LogP contribution in [0.2, 0.25) is 0 Å². The largest absolute Gasteiger partial charge is 1.00 e. The molecule has 0 aromatic heterocycles. The summed E-state index contributed by atoms with van der Waals surface area (Å²) in [4.78, 5) is 0. The molecule has 0 bridgehead atoms. The third-order valence-corrected chi connectivity index (χ3v) is 5.76. The second kappa shape index (κ2) is 20.0. The fraction of sp³-hybridized carbons (Fsp3) is 1.00. The predicted molar refractivity (Wildman–Crippen MR) is 113 cm³/mol. The van der Waals surface area contributed by atoms with E-state index in [1.165, 1.54) is 103 Å². The number of aliphatic hydroxyl groups excluding tert-OH is 1. The van der Waals surface area contributed by atoms with E-state index in [1.54, 1.807) is 0 Å². The van der Waals surface area contributed by atoms with Gasteiger partial charge in [0.15, 0.2) is 6.23 Å². The molecule has 1 N–H and O–H groups in total. The molecule has 0 heterocycles. The van der Waals surface area contributed by atoms with Crippen molar-refractivity contribution in [3.05, 3.63) is 0 Å². The molecule has 0 rings (SSSR count). The van der Waals surface area contributed by atoms with E-state index in [9.17, 15) is 5.11 Å². The Morgan fingerprint density at radius 2 is 0.885 bits per heavy atom. The van der Waals surface area contributed by atoms with Crippen LogP contribution in [0.5, 0.6) is 0 Å². The van der Waals surface area contributed by atoms with Crippen LogP contribution >= 0.6 is 0 Å². The van der Waals surface area contributed by atoms with Gasteiger partial charge in [-0.25, -0.2) is 0 Å². The van der Waals surface area contributed by atoms with Crippen LogP contribution in [0, 0.1) is 0 Å². The molecule has 1 unspecified atom stereocenters. The van der Waals surface area contributed by atoms with E-state index in [1.807, 2.05) is 0 Å². The third-order valence-electron chi connectivity index (χ3n) is 5.76. The van der Waals surface area contributed by atoms with Crippen molar-refractivity contribution >= 4 is 0 Å². The number of hydrogen-bond acceptors (Lipinski definition) is 1. The SMILES string of the molecule is CCCCCCCCCCCCCCCCCC[N+](C)(C)C(O)CC.[Cl-]. The van der Waals surface area contributed by atoms with Gasteiger partial charge < -0.3 is 22.0 Å². The highest BCUT2D eigenvalue weighted by atomic mass is 35.5. The van der Waals surface area contributed by atoms with Crippen LogP contribution in [-0.2, 0) is 0 Å². The van der Waals surface area contributed by atoms with Crippen LogP contribution in [0.15, 0.2) is 0 Å². The summed E-state index contributed by atoms with van der Waals surface area (Å²) in [5.41, 5.74) is 0. The molecule has 26 heavy (non-hydrogen) atoms. The number of rotatable bonds is 19. The van der Waals surface area contributed by atoms with Gasteiger partial charge in [0.2, 0.25) is 0 Å². The first-order valence-corrected chi connectivity index (χ1v) is 11.5. The summed E-state index contributed by atoms with van der Waals surface area (Å²) in [6.45, 7) is 5.46. The van der Waals surface area contributed by atoms with Crippen molar-refractivity contribution in [1.29, 1.82) is 0 Å². The quantitative estimate of drug-likeness (QED) is 0.200. The molecular weight excluding hydrogens is 342 g/mol. The Morgan fingerprint density at radius 1 is 0.577 bits per heavy atom. The first-order chi connectivity index (χ1) is 12.0. The number of hydrogen-bond donors (Lipinski definition) is 1. The molecule has 1 atom stereocenters. The van der Waals surface area contributed by atoms with Gasteiger partial charge in [0.05, 0.1) is 20.6 Å². The second-order valence-corrected chi connectivity index (χ2v) is 8.69. The lowest BCUT2D eigenvalue weighted by Crippen LogP contribution is -3.00. The van der Waals surface area contributed by atoms with E-state index in [0.29, 0.717) is 0 Å². The molecule has 2 nitrogen and oxygen atoms in total. The van der Waals surface area contributed by atoms with Crippen molar-refractivity contribution in [2.24, 2.45) is 0 Å². The maximum Gasteiger partial charge on any atom is 0.189 e. The molecule has 0 radical (unpaired) electrons. The van der Waals surface area contributed by atoms with E-state index in [4.69, 9.17) is 0 Å². The Balaban J connectivity index is 0. The highest BCUT2D eigenvalue weighted by Gasteiger charge is 2.23. The van der Waals surface area contributed by atoms with E-state index in [-0.39, 0.29) is 18.6 Å². The second-order valence-electron chi connectivity index (χ2n) is 8.69. The van der Waals surface area contributed by atoms with E-state index >= 15 is 0 Å². The highest BCUT2D eigenvalue weighted by molar-refractivity contribution is 4.50. The van der Waals surface area contributed by atoms with Gasteiger partial charge in [0.1, 0.15) is 0 Å². The third kappa shape index (κ3) is 17.6. The van der Waals surface area contributed by atoms with Crippen molar-refractivity contribution in [3.8, 4) is 0 Å². The van der Waals surface area contributed by atoms with Crippen molar-refractivity contribution in [3.63, 3.8) is 0 Å². The van der Waals surface area contributed by atoms with Crippen molar-refractivity contribution in [1.82, 2.24) is 0 Å². The minimum atomic E-state index is -0.198. The van der Waals surface area contributed by atoms with Gasteiger partial charge in [-0.15, -0.1) is 0 Å². The average Bonchev–Trinajstić information content (AvgIpc) is 2.60. The number of aliphatic hydroxyl groups is 1. The molecule has 0 aromatic rings. The van der Waals surface area contributed by atoms with Crippen molar-refractivity contribution in [2.45, 2.75) is 129 Å². The first kappa shape index (κ1) is 28.4. The highest BCUT2D eigenvalue weighted by Crippen LogP contribution is 2.15. The standard InChI is InChI=1S/C23H50NO.ClH/c1-5-7-8-9-10-11-12-13-14-15-16-17-18-19-20-21-22-24(3,4)23(25)6-2;/h23,25H,5-22H2,1-4H3;1H/q+1;/p-1. The molecule has 0 saturated heterocycles. The fourth-order valence-electron chi connectivity index (χ4n) is 3.71. The first-order valence-electron chi connectivity index (χ1n) is 11.5. The number of quaternary nitrogens is 1. The van der Waals surface area contributed by atoms with Crippen LogP contribution in [0.3, 0.4) is 0 Å². The number of unbranched alkanes of at least 4 members (excludes halogenated alkanes) is 15. The van der Waals surface area contributed by atoms with Gasteiger partial charge >= 0.3 is 0 Å². The summed E-state index contributed by atoms with van der Waals surface area (Å²) in [5.74, 6) is 0. The van der Waals surface area contributed by atoms with Crippen LogP contribution in [-0.4, -0.2) is 36.5 Å². The van der Waals surface area contributed by atoms with Gasteiger partial charge in [0, 0.05) is 6.42 Å². The number of halogens is 1. The zero-order chi connectivity index (χ0) is 18.8. The fourth-order valence-corrected chi connectivity index (χ4v) is 3.71. The molecule has 0 aliphatic rings. The predicted octanol–water partition coefficient (Wildman–Crippen LogP) is 4.06. The lowest BCUT2D eigenvalue weighted by Gasteiger charge is -2.34. The summed E-state index contributed by atoms with van der Waals surface area (Å²) in [5, 5.41) is 9.98. The Kier molecular flexibility index (Phi) is 21.8.